The number of aliphatic carboxylic acids is 1. The summed E-state index contributed by atoms with van der Waals surface area (Å²) in [4.78, 5) is 10.6. The molecule has 1 aliphatic rings. The average Bonchev–Trinajstić information content (AvgIpc) is 2.62. The van der Waals surface area contributed by atoms with Crippen LogP contribution in [0.3, 0.4) is 0 Å². The van der Waals surface area contributed by atoms with Crippen molar-refractivity contribution in [1.29, 1.82) is 0 Å². The third-order valence-electron chi connectivity index (χ3n) is 3.01. The molecule has 1 heterocycles. The summed E-state index contributed by atoms with van der Waals surface area (Å²) in [7, 11) is 0. The maximum atomic E-state index is 14.2. The molecule has 1 aromatic carbocycles. The number of nitrogens with two attached hydrogens (primary N) is 1. The normalized spacial score (nSPS) is 15.6. The van der Waals surface area contributed by atoms with E-state index in [0.717, 1.165) is 0 Å². The average molecular weight is 304 g/mol. The van der Waals surface area contributed by atoms with Crippen molar-refractivity contribution in [3.63, 3.8) is 0 Å². The lowest BCUT2D eigenvalue weighted by Crippen LogP contribution is -2.16. The molecule has 0 amide bonds. The molecule has 1 aromatic rings. The van der Waals surface area contributed by atoms with Gasteiger partial charge in [0.05, 0.1) is 23.8 Å². The molecule has 7 heteroatoms. The molecular formula is C13H15ClFNO4. The number of rotatable bonds is 4. The van der Waals surface area contributed by atoms with Gasteiger partial charge in [-0.15, -0.1) is 0 Å². The fourth-order valence-electron chi connectivity index (χ4n) is 2.03. The largest absolute Gasteiger partial charge is 0.489 e. The smallest absolute Gasteiger partial charge is 0.303 e. The van der Waals surface area contributed by atoms with Crippen LogP contribution in [-0.4, -0.2) is 24.3 Å². The van der Waals surface area contributed by atoms with Gasteiger partial charge in [0.15, 0.2) is 17.3 Å². The Bertz CT molecular complexity index is 524. The first-order chi connectivity index (χ1) is 9.50. The zero-order valence-corrected chi connectivity index (χ0v) is 11.5. The molecule has 1 unspecified atom stereocenters. The van der Waals surface area contributed by atoms with E-state index in [0.29, 0.717) is 25.4 Å². The first-order valence-electron chi connectivity index (χ1n) is 6.25. The van der Waals surface area contributed by atoms with Crippen molar-refractivity contribution in [2.45, 2.75) is 25.3 Å². The molecule has 3 N–H and O–H groups in total. The number of carbonyl (C=O) groups is 1. The van der Waals surface area contributed by atoms with Crippen LogP contribution in [0.2, 0.25) is 5.02 Å². The maximum Gasteiger partial charge on any atom is 0.303 e. The van der Waals surface area contributed by atoms with E-state index in [1.165, 1.54) is 6.07 Å². The van der Waals surface area contributed by atoms with Gasteiger partial charge in [0.2, 0.25) is 0 Å². The van der Waals surface area contributed by atoms with Crippen LogP contribution in [0.1, 0.15) is 30.9 Å². The third-order valence-corrected chi connectivity index (χ3v) is 3.28. The number of hydrogen-bond donors (Lipinski definition) is 2. The van der Waals surface area contributed by atoms with Gasteiger partial charge in [-0.25, -0.2) is 4.39 Å². The van der Waals surface area contributed by atoms with Crippen molar-refractivity contribution in [1.82, 2.24) is 0 Å². The molecular weight excluding hydrogens is 289 g/mol. The second kappa shape index (κ2) is 6.28. The number of hydrogen-bond acceptors (Lipinski definition) is 4. The summed E-state index contributed by atoms with van der Waals surface area (Å²) in [5, 5.41) is 8.57. The lowest BCUT2D eigenvalue weighted by molar-refractivity contribution is -0.137. The van der Waals surface area contributed by atoms with Gasteiger partial charge in [-0.1, -0.05) is 11.6 Å². The molecule has 0 aliphatic carbocycles. The second-order valence-corrected chi connectivity index (χ2v) is 4.91. The van der Waals surface area contributed by atoms with E-state index >= 15 is 0 Å². The molecule has 0 spiro atoms. The van der Waals surface area contributed by atoms with Crippen LogP contribution < -0.4 is 15.2 Å². The quantitative estimate of drug-likeness (QED) is 0.893. The first kappa shape index (κ1) is 14.9. The van der Waals surface area contributed by atoms with Crippen molar-refractivity contribution < 1.29 is 23.8 Å². The molecule has 0 radical (unpaired) electrons. The van der Waals surface area contributed by atoms with E-state index in [4.69, 9.17) is 31.9 Å². The highest BCUT2D eigenvalue weighted by Gasteiger charge is 2.26. The minimum Gasteiger partial charge on any atom is -0.489 e. The molecule has 2 rings (SSSR count). The molecule has 1 atom stereocenters. The number of halogens is 2. The minimum absolute atomic E-state index is 0.0793. The van der Waals surface area contributed by atoms with Crippen molar-refractivity contribution in [2.75, 3.05) is 13.2 Å². The van der Waals surface area contributed by atoms with Gasteiger partial charge >= 0.3 is 5.97 Å². The molecule has 0 aromatic heterocycles. The predicted octanol–water partition coefficient (Wildman–Crippen LogP) is 2.51. The van der Waals surface area contributed by atoms with Crippen molar-refractivity contribution in [3.8, 4) is 11.5 Å². The molecule has 0 saturated carbocycles. The Morgan fingerprint density at radius 2 is 2.20 bits per heavy atom. The van der Waals surface area contributed by atoms with Crippen LogP contribution in [0, 0.1) is 5.82 Å². The summed E-state index contributed by atoms with van der Waals surface area (Å²) in [5.74, 6) is -1.11. The van der Waals surface area contributed by atoms with E-state index in [2.05, 4.69) is 0 Å². The Morgan fingerprint density at radius 1 is 1.50 bits per heavy atom. The van der Waals surface area contributed by atoms with Crippen LogP contribution in [0.15, 0.2) is 6.07 Å². The highest BCUT2D eigenvalue weighted by molar-refractivity contribution is 6.31. The monoisotopic (exact) mass is 303 g/mol. The van der Waals surface area contributed by atoms with Crippen LogP contribution in [-0.2, 0) is 4.79 Å². The molecule has 1 aliphatic heterocycles. The highest BCUT2D eigenvalue weighted by atomic mass is 35.5. The van der Waals surface area contributed by atoms with Gasteiger partial charge in [0, 0.05) is 24.9 Å². The number of ether oxygens (including phenoxy) is 2. The third kappa shape index (κ3) is 3.13. The lowest BCUT2D eigenvalue weighted by atomic mass is 10.0. The van der Waals surface area contributed by atoms with E-state index < -0.39 is 17.8 Å². The summed E-state index contributed by atoms with van der Waals surface area (Å²) in [6.45, 7) is 0.825. The Labute approximate surface area is 120 Å². The van der Waals surface area contributed by atoms with Crippen molar-refractivity contribution >= 4 is 17.6 Å². The van der Waals surface area contributed by atoms with Gasteiger partial charge < -0.3 is 20.3 Å². The number of fused-ring (bicyclic) bond motifs is 1. The molecule has 5 nitrogen and oxygen atoms in total. The zero-order valence-electron chi connectivity index (χ0n) is 10.7. The molecule has 0 saturated heterocycles. The molecule has 0 bridgehead atoms. The molecule has 110 valence electrons. The molecule has 20 heavy (non-hydrogen) atoms. The SMILES string of the molecule is NC(CCC(=O)O)c1c(F)c(Cl)cc2c1OCCCO2. The number of carboxylic acid groups (broad SMARTS) is 1. The second-order valence-electron chi connectivity index (χ2n) is 4.50. The summed E-state index contributed by atoms with van der Waals surface area (Å²) >= 11 is 5.83. The van der Waals surface area contributed by atoms with Gasteiger partial charge in [0.1, 0.15) is 0 Å². The topological polar surface area (TPSA) is 81.8 Å². The van der Waals surface area contributed by atoms with Crippen LogP contribution >= 0.6 is 11.6 Å². The standard InChI is InChI=1S/C13H15ClFNO4/c14-7-6-9-13(20-5-1-4-19-9)11(12(7)15)8(16)2-3-10(17)18/h6,8H,1-5,16H2,(H,17,18). The van der Waals surface area contributed by atoms with Gasteiger partial charge in [-0.05, 0) is 6.42 Å². The number of carboxylic acids is 1. The molecule has 0 fully saturated rings. The van der Waals surface area contributed by atoms with Crippen LogP contribution in [0.4, 0.5) is 4.39 Å². The summed E-state index contributed by atoms with van der Waals surface area (Å²) < 4.78 is 25.1. The summed E-state index contributed by atoms with van der Waals surface area (Å²) in [6, 6.07) is 0.533. The van der Waals surface area contributed by atoms with Gasteiger partial charge in [-0.2, -0.15) is 0 Å². The minimum atomic E-state index is -0.994. The first-order valence-corrected chi connectivity index (χ1v) is 6.63. The van der Waals surface area contributed by atoms with E-state index in [-0.39, 0.29) is 29.2 Å². The van der Waals surface area contributed by atoms with Crippen molar-refractivity contribution in [3.05, 3.63) is 22.5 Å². The lowest BCUT2D eigenvalue weighted by Gasteiger charge is -2.19. The Hall–Kier alpha value is -1.53. The fraction of sp³-hybridized carbons (Fsp3) is 0.462. The highest BCUT2D eigenvalue weighted by Crippen LogP contribution is 2.42. The van der Waals surface area contributed by atoms with E-state index in [1.807, 2.05) is 0 Å². The van der Waals surface area contributed by atoms with E-state index in [9.17, 15) is 9.18 Å². The van der Waals surface area contributed by atoms with Gasteiger partial charge in [-0.3, -0.25) is 4.79 Å². The number of benzene rings is 1. The van der Waals surface area contributed by atoms with Crippen LogP contribution in [0.5, 0.6) is 11.5 Å². The predicted molar refractivity (Wildman–Crippen MR) is 70.8 cm³/mol. The Balaban J connectivity index is 2.39. The van der Waals surface area contributed by atoms with Crippen molar-refractivity contribution in [2.24, 2.45) is 5.73 Å². The van der Waals surface area contributed by atoms with Gasteiger partial charge in [0.25, 0.3) is 0 Å². The Kier molecular flexibility index (Phi) is 4.67. The zero-order chi connectivity index (χ0) is 14.7. The van der Waals surface area contributed by atoms with E-state index in [1.54, 1.807) is 0 Å². The Morgan fingerprint density at radius 3 is 2.90 bits per heavy atom. The fourth-order valence-corrected chi connectivity index (χ4v) is 2.23. The maximum absolute atomic E-state index is 14.2. The summed E-state index contributed by atoms with van der Waals surface area (Å²) in [5.41, 5.74) is 5.97. The van der Waals surface area contributed by atoms with Crippen LogP contribution in [0.25, 0.3) is 0 Å². The summed E-state index contributed by atoms with van der Waals surface area (Å²) in [6.07, 6.45) is 0.586.